The summed E-state index contributed by atoms with van der Waals surface area (Å²) < 4.78 is 0. The van der Waals surface area contributed by atoms with E-state index in [1.165, 1.54) is 135 Å². The van der Waals surface area contributed by atoms with Crippen LogP contribution in [0.3, 0.4) is 0 Å². The van der Waals surface area contributed by atoms with Gasteiger partial charge in [0.05, 0.1) is 0 Å². The molecule has 0 aromatic heterocycles. The Morgan fingerprint density at radius 1 is 0.320 bits per heavy atom. The summed E-state index contributed by atoms with van der Waals surface area (Å²) in [5.74, 6) is 1.04. The molecule has 0 rings (SSSR count). The van der Waals surface area contributed by atoms with Crippen molar-refractivity contribution in [2.75, 3.05) is 0 Å². The molecule has 0 amide bonds. The van der Waals surface area contributed by atoms with Crippen molar-refractivity contribution in [1.29, 1.82) is 0 Å². The topological polar surface area (TPSA) is 0 Å². The highest BCUT2D eigenvalue weighted by molar-refractivity contribution is 4.62. The number of hydrogen-bond donors (Lipinski definition) is 0. The zero-order valence-corrected chi connectivity index (χ0v) is 18.4. The van der Waals surface area contributed by atoms with Crippen LogP contribution in [0.25, 0.3) is 0 Å². The Kier molecular flexibility index (Phi) is 22.0. The van der Waals surface area contributed by atoms with Crippen LogP contribution in [0.15, 0.2) is 0 Å². The normalized spacial score (nSPS) is 11.5. The quantitative estimate of drug-likeness (QED) is 0.180. The van der Waals surface area contributed by atoms with Gasteiger partial charge in [-0.15, -0.1) is 0 Å². The third kappa shape index (κ3) is 20.2. The first-order valence-corrected chi connectivity index (χ1v) is 12.3. The van der Waals surface area contributed by atoms with E-state index >= 15 is 0 Å². The van der Waals surface area contributed by atoms with Crippen molar-refractivity contribution in [3.8, 4) is 0 Å². The van der Waals surface area contributed by atoms with E-state index in [1.807, 2.05) is 0 Å². The molecule has 0 radical (unpaired) electrons. The van der Waals surface area contributed by atoms with Crippen molar-refractivity contribution in [2.24, 2.45) is 5.92 Å². The first kappa shape index (κ1) is 25.0. The predicted molar refractivity (Wildman–Crippen MR) is 117 cm³/mol. The fraction of sp³-hybridized carbons (Fsp3) is 1.00. The van der Waals surface area contributed by atoms with Gasteiger partial charge in [0.2, 0.25) is 0 Å². The maximum Gasteiger partial charge on any atom is -0.0414 e. The van der Waals surface area contributed by atoms with Gasteiger partial charge in [-0.1, -0.05) is 156 Å². The van der Waals surface area contributed by atoms with Gasteiger partial charge in [-0.05, 0) is 5.92 Å². The molecule has 0 unspecified atom stereocenters. The van der Waals surface area contributed by atoms with E-state index in [4.69, 9.17) is 0 Å². The standard InChI is InChI=1S/C25H52/c1-4-7-10-13-15-17-20-23-25(22-19-12-9-6-3)24-21-18-16-14-11-8-5-2/h25H,4-24H2,1-3H3. The number of rotatable bonds is 21. The first-order valence-electron chi connectivity index (χ1n) is 12.3. The van der Waals surface area contributed by atoms with Gasteiger partial charge in [-0.25, -0.2) is 0 Å². The van der Waals surface area contributed by atoms with Gasteiger partial charge in [0.15, 0.2) is 0 Å². The molecule has 0 aromatic carbocycles. The average Bonchev–Trinajstić information content (AvgIpc) is 2.63. The average molecular weight is 353 g/mol. The summed E-state index contributed by atoms with van der Waals surface area (Å²) in [6.45, 7) is 6.95. The van der Waals surface area contributed by atoms with Gasteiger partial charge < -0.3 is 0 Å². The van der Waals surface area contributed by atoms with Crippen LogP contribution in [0.1, 0.15) is 156 Å². The molecule has 0 bridgehead atoms. The van der Waals surface area contributed by atoms with Crippen LogP contribution in [0.4, 0.5) is 0 Å². The lowest BCUT2D eigenvalue weighted by Crippen LogP contribution is -2.01. The van der Waals surface area contributed by atoms with Gasteiger partial charge in [-0.2, -0.15) is 0 Å². The Morgan fingerprint density at radius 3 is 0.880 bits per heavy atom. The van der Waals surface area contributed by atoms with Gasteiger partial charge in [0.1, 0.15) is 0 Å². The van der Waals surface area contributed by atoms with Gasteiger partial charge in [0.25, 0.3) is 0 Å². The molecule has 0 spiro atoms. The summed E-state index contributed by atoms with van der Waals surface area (Å²) in [7, 11) is 0. The molecule has 0 aliphatic heterocycles. The molecular weight excluding hydrogens is 300 g/mol. The summed E-state index contributed by atoms with van der Waals surface area (Å²) in [5, 5.41) is 0. The van der Waals surface area contributed by atoms with Crippen molar-refractivity contribution >= 4 is 0 Å². The van der Waals surface area contributed by atoms with Crippen LogP contribution in [-0.2, 0) is 0 Å². The highest BCUT2D eigenvalue weighted by atomic mass is 14.1. The van der Waals surface area contributed by atoms with Gasteiger partial charge >= 0.3 is 0 Å². The zero-order valence-electron chi connectivity index (χ0n) is 18.4. The molecule has 0 saturated heterocycles. The molecule has 0 heterocycles. The fourth-order valence-electron chi connectivity index (χ4n) is 4.07. The fourth-order valence-corrected chi connectivity index (χ4v) is 4.07. The molecule has 0 nitrogen and oxygen atoms in total. The molecule has 0 atom stereocenters. The molecule has 0 N–H and O–H groups in total. The van der Waals surface area contributed by atoms with E-state index in [-0.39, 0.29) is 0 Å². The maximum absolute atomic E-state index is 2.33. The molecule has 0 fully saturated rings. The molecule has 0 saturated carbocycles. The minimum absolute atomic E-state index is 1.04. The molecule has 25 heavy (non-hydrogen) atoms. The molecule has 0 aromatic rings. The second-order valence-corrected chi connectivity index (χ2v) is 8.54. The Morgan fingerprint density at radius 2 is 0.560 bits per heavy atom. The monoisotopic (exact) mass is 352 g/mol. The SMILES string of the molecule is CCCCCCCCCC(CCCCCC)CCCCCCCCC. The number of hydrogen-bond acceptors (Lipinski definition) is 0. The van der Waals surface area contributed by atoms with Crippen LogP contribution in [0, 0.1) is 5.92 Å². The van der Waals surface area contributed by atoms with E-state index < -0.39 is 0 Å². The second-order valence-electron chi connectivity index (χ2n) is 8.54. The lowest BCUT2D eigenvalue weighted by molar-refractivity contribution is 0.366. The van der Waals surface area contributed by atoms with Crippen molar-refractivity contribution < 1.29 is 0 Å². The molecule has 152 valence electrons. The highest BCUT2D eigenvalue weighted by Crippen LogP contribution is 2.24. The molecule has 0 aliphatic carbocycles. The van der Waals surface area contributed by atoms with Crippen molar-refractivity contribution in [3.05, 3.63) is 0 Å². The van der Waals surface area contributed by atoms with Crippen LogP contribution in [0.2, 0.25) is 0 Å². The lowest BCUT2D eigenvalue weighted by atomic mass is 9.89. The van der Waals surface area contributed by atoms with Gasteiger partial charge in [-0.3, -0.25) is 0 Å². The van der Waals surface area contributed by atoms with Crippen LogP contribution in [0.5, 0.6) is 0 Å². The number of unbranched alkanes of at least 4 members (excludes halogenated alkanes) is 15. The molecule has 0 heteroatoms. The summed E-state index contributed by atoms with van der Waals surface area (Å²) in [6, 6.07) is 0. The van der Waals surface area contributed by atoms with Crippen molar-refractivity contribution in [3.63, 3.8) is 0 Å². The van der Waals surface area contributed by atoms with Gasteiger partial charge in [0, 0.05) is 0 Å². The summed E-state index contributed by atoms with van der Waals surface area (Å²) in [4.78, 5) is 0. The third-order valence-electron chi connectivity index (χ3n) is 5.90. The summed E-state index contributed by atoms with van der Waals surface area (Å²) in [5.41, 5.74) is 0. The Bertz CT molecular complexity index is 202. The van der Waals surface area contributed by atoms with Crippen LogP contribution >= 0.6 is 0 Å². The first-order chi connectivity index (χ1) is 12.3. The third-order valence-corrected chi connectivity index (χ3v) is 5.90. The van der Waals surface area contributed by atoms with Crippen molar-refractivity contribution in [2.45, 2.75) is 156 Å². The van der Waals surface area contributed by atoms with E-state index in [0.717, 1.165) is 5.92 Å². The molecular formula is C25H52. The zero-order chi connectivity index (χ0) is 18.4. The van der Waals surface area contributed by atoms with E-state index in [0.29, 0.717) is 0 Å². The van der Waals surface area contributed by atoms with Crippen LogP contribution in [-0.4, -0.2) is 0 Å². The Labute approximate surface area is 161 Å². The van der Waals surface area contributed by atoms with E-state index in [9.17, 15) is 0 Å². The second kappa shape index (κ2) is 22.0. The van der Waals surface area contributed by atoms with E-state index in [2.05, 4.69) is 20.8 Å². The minimum atomic E-state index is 1.04. The summed E-state index contributed by atoms with van der Waals surface area (Å²) in [6.07, 6.45) is 30.8. The largest absolute Gasteiger partial charge is 0.0654 e. The maximum atomic E-state index is 2.33. The smallest absolute Gasteiger partial charge is 0.0414 e. The Hall–Kier alpha value is 0. The summed E-state index contributed by atoms with van der Waals surface area (Å²) >= 11 is 0. The lowest BCUT2D eigenvalue weighted by Gasteiger charge is -2.17. The van der Waals surface area contributed by atoms with E-state index in [1.54, 1.807) is 0 Å². The highest BCUT2D eigenvalue weighted by Gasteiger charge is 2.08. The van der Waals surface area contributed by atoms with Crippen LogP contribution < -0.4 is 0 Å². The van der Waals surface area contributed by atoms with Crippen molar-refractivity contribution in [1.82, 2.24) is 0 Å². The minimum Gasteiger partial charge on any atom is -0.0654 e. The molecule has 0 aliphatic rings. The Balaban J connectivity index is 3.71. The predicted octanol–water partition coefficient (Wildman–Crippen LogP) is 9.85.